The average Bonchev–Trinajstić information content (AvgIpc) is 2.74. The van der Waals surface area contributed by atoms with Gasteiger partial charge in [0.2, 0.25) is 11.8 Å². The van der Waals surface area contributed by atoms with Crippen LogP contribution in [0.25, 0.3) is 0 Å². The Morgan fingerprint density at radius 3 is 2.39 bits per heavy atom. The van der Waals surface area contributed by atoms with Crippen molar-refractivity contribution in [2.75, 3.05) is 43.5 Å². The molecule has 1 aliphatic rings. The van der Waals surface area contributed by atoms with Gasteiger partial charge < -0.3 is 19.9 Å². The SMILES string of the molecule is COc1ccccc1N1CCN(C(=O)CC(=O)Nc2ccc(C#N)cc2)CC1. The van der Waals surface area contributed by atoms with Crippen LogP contribution in [0, 0.1) is 11.3 Å². The largest absolute Gasteiger partial charge is 0.495 e. The minimum Gasteiger partial charge on any atom is -0.495 e. The van der Waals surface area contributed by atoms with Crippen LogP contribution in [0.4, 0.5) is 11.4 Å². The maximum Gasteiger partial charge on any atom is 0.233 e. The lowest BCUT2D eigenvalue weighted by molar-refractivity contribution is -0.134. The number of nitrogens with one attached hydrogen (secondary N) is 1. The van der Waals surface area contributed by atoms with E-state index in [0.29, 0.717) is 37.4 Å². The lowest BCUT2D eigenvalue weighted by Gasteiger charge is -2.36. The number of anilines is 2. The molecule has 0 spiro atoms. The Hall–Kier alpha value is -3.53. The average molecular weight is 378 g/mol. The number of benzene rings is 2. The smallest absolute Gasteiger partial charge is 0.233 e. The van der Waals surface area contributed by atoms with Crippen molar-refractivity contribution in [1.82, 2.24) is 4.90 Å². The van der Waals surface area contributed by atoms with Crippen molar-refractivity contribution >= 4 is 23.2 Å². The number of nitriles is 1. The van der Waals surface area contributed by atoms with E-state index >= 15 is 0 Å². The number of rotatable bonds is 5. The molecular weight excluding hydrogens is 356 g/mol. The highest BCUT2D eigenvalue weighted by molar-refractivity contribution is 6.03. The quantitative estimate of drug-likeness (QED) is 0.807. The van der Waals surface area contributed by atoms with Crippen LogP contribution >= 0.6 is 0 Å². The summed E-state index contributed by atoms with van der Waals surface area (Å²) in [5.74, 6) is 0.261. The summed E-state index contributed by atoms with van der Waals surface area (Å²) in [4.78, 5) is 28.5. The normalized spacial score (nSPS) is 13.6. The van der Waals surface area contributed by atoms with Crippen molar-refractivity contribution in [3.05, 3.63) is 54.1 Å². The number of ether oxygens (including phenoxy) is 1. The Kier molecular flexibility index (Phi) is 6.12. The van der Waals surface area contributed by atoms with E-state index in [0.717, 1.165) is 11.4 Å². The first-order chi connectivity index (χ1) is 13.6. The van der Waals surface area contributed by atoms with Crippen LogP contribution in [0.5, 0.6) is 5.75 Å². The van der Waals surface area contributed by atoms with Crippen LogP contribution in [-0.2, 0) is 9.59 Å². The standard InChI is InChI=1S/C21H22N4O3/c1-28-19-5-3-2-4-18(19)24-10-12-25(13-11-24)21(27)14-20(26)23-17-8-6-16(15-22)7-9-17/h2-9H,10-14H2,1H3,(H,23,26). The molecule has 1 aliphatic heterocycles. The molecule has 0 unspecified atom stereocenters. The Balaban J connectivity index is 1.50. The van der Waals surface area contributed by atoms with E-state index in [9.17, 15) is 9.59 Å². The number of hydrogen-bond acceptors (Lipinski definition) is 5. The molecule has 1 saturated heterocycles. The highest BCUT2D eigenvalue weighted by Crippen LogP contribution is 2.28. The molecule has 1 fully saturated rings. The van der Waals surface area contributed by atoms with Gasteiger partial charge in [0.05, 0.1) is 24.4 Å². The summed E-state index contributed by atoms with van der Waals surface area (Å²) in [6, 6.07) is 16.4. The molecule has 7 nitrogen and oxygen atoms in total. The highest BCUT2D eigenvalue weighted by Gasteiger charge is 2.24. The van der Waals surface area contributed by atoms with Crippen LogP contribution in [0.3, 0.4) is 0 Å². The Morgan fingerprint density at radius 1 is 1.07 bits per heavy atom. The number of carbonyl (C=O) groups excluding carboxylic acids is 2. The molecule has 0 radical (unpaired) electrons. The van der Waals surface area contributed by atoms with E-state index in [2.05, 4.69) is 10.2 Å². The third kappa shape index (κ3) is 4.60. The molecular formula is C21H22N4O3. The molecule has 0 aromatic heterocycles. The second-order valence-corrected chi connectivity index (χ2v) is 6.45. The third-order valence-electron chi connectivity index (χ3n) is 4.67. The first-order valence-corrected chi connectivity index (χ1v) is 9.06. The Bertz CT molecular complexity index is 881. The van der Waals surface area contributed by atoms with Crippen LogP contribution in [-0.4, -0.2) is 50.0 Å². The number of nitrogens with zero attached hydrogens (tertiary/aromatic N) is 3. The second kappa shape index (κ2) is 8.91. The van der Waals surface area contributed by atoms with E-state index in [1.165, 1.54) is 0 Å². The van der Waals surface area contributed by atoms with E-state index in [1.807, 2.05) is 30.3 Å². The second-order valence-electron chi connectivity index (χ2n) is 6.45. The lowest BCUT2D eigenvalue weighted by atomic mass is 10.2. The molecule has 144 valence electrons. The maximum absolute atomic E-state index is 12.4. The van der Waals surface area contributed by atoms with E-state index in [-0.39, 0.29) is 18.2 Å². The van der Waals surface area contributed by atoms with Crippen molar-refractivity contribution in [2.24, 2.45) is 0 Å². The highest BCUT2D eigenvalue weighted by atomic mass is 16.5. The number of amides is 2. The predicted octanol–water partition coefficient (Wildman–Crippen LogP) is 2.24. The monoisotopic (exact) mass is 378 g/mol. The summed E-state index contributed by atoms with van der Waals surface area (Å²) < 4.78 is 5.40. The summed E-state index contributed by atoms with van der Waals surface area (Å²) in [5, 5.41) is 11.5. The fraction of sp³-hybridized carbons (Fsp3) is 0.286. The van der Waals surface area contributed by atoms with Gasteiger partial charge in [-0.2, -0.15) is 5.26 Å². The van der Waals surface area contributed by atoms with Gasteiger partial charge in [0.25, 0.3) is 0 Å². The van der Waals surface area contributed by atoms with Crippen molar-refractivity contribution in [3.8, 4) is 11.8 Å². The Labute approximate surface area is 164 Å². The molecule has 0 bridgehead atoms. The molecule has 2 aromatic rings. The van der Waals surface area contributed by atoms with Gasteiger partial charge in [-0.15, -0.1) is 0 Å². The fourth-order valence-corrected chi connectivity index (χ4v) is 3.17. The molecule has 2 aromatic carbocycles. The zero-order valence-electron chi connectivity index (χ0n) is 15.7. The van der Waals surface area contributed by atoms with Crippen LogP contribution < -0.4 is 15.0 Å². The van der Waals surface area contributed by atoms with Gasteiger partial charge in [-0.25, -0.2) is 0 Å². The molecule has 28 heavy (non-hydrogen) atoms. The van der Waals surface area contributed by atoms with Crippen LogP contribution in [0.1, 0.15) is 12.0 Å². The lowest BCUT2D eigenvalue weighted by Crippen LogP contribution is -2.49. The number of methoxy groups -OCH3 is 1. The van der Waals surface area contributed by atoms with Crippen molar-refractivity contribution in [2.45, 2.75) is 6.42 Å². The van der Waals surface area contributed by atoms with Gasteiger partial charge >= 0.3 is 0 Å². The van der Waals surface area contributed by atoms with Gasteiger partial charge in [-0.1, -0.05) is 12.1 Å². The number of piperazine rings is 1. The molecule has 1 N–H and O–H groups in total. The van der Waals surface area contributed by atoms with Gasteiger partial charge in [0.1, 0.15) is 12.2 Å². The van der Waals surface area contributed by atoms with E-state index < -0.39 is 0 Å². The topological polar surface area (TPSA) is 85.7 Å². The number of carbonyl (C=O) groups is 2. The molecule has 0 saturated carbocycles. The molecule has 0 aliphatic carbocycles. The molecule has 3 rings (SSSR count). The molecule has 7 heteroatoms. The molecule has 0 atom stereocenters. The Morgan fingerprint density at radius 2 is 1.75 bits per heavy atom. The summed E-state index contributed by atoms with van der Waals surface area (Å²) in [5.41, 5.74) is 2.09. The summed E-state index contributed by atoms with van der Waals surface area (Å²) >= 11 is 0. The van der Waals surface area contributed by atoms with E-state index in [4.69, 9.17) is 10.00 Å². The zero-order valence-corrected chi connectivity index (χ0v) is 15.7. The number of hydrogen-bond donors (Lipinski definition) is 1. The first kappa shape index (κ1) is 19.2. The molecule has 2 amide bonds. The van der Waals surface area contributed by atoms with Crippen molar-refractivity contribution in [3.63, 3.8) is 0 Å². The zero-order chi connectivity index (χ0) is 19.9. The van der Waals surface area contributed by atoms with Gasteiger partial charge in [0, 0.05) is 31.9 Å². The number of para-hydroxylation sites is 2. The maximum atomic E-state index is 12.4. The first-order valence-electron chi connectivity index (χ1n) is 9.06. The van der Waals surface area contributed by atoms with Gasteiger partial charge in [-0.05, 0) is 36.4 Å². The summed E-state index contributed by atoms with van der Waals surface area (Å²) in [6.07, 6.45) is -0.200. The van der Waals surface area contributed by atoms with Crippen LogP contribution in [0.15, 0.2) is 48.5 Å². The van der Waals surface area contributed by atoms with Crippen molar-refractivity contribution in [1.29, 1.82) is 5.26 Å². The predicted molar refractivity (Wildman–Crippen MR) is 106 cm³/mol. The van der Waals surface area contributed by atoms with Crippen LogP contribution in [0.2, 0.25) is 0 Å². The van der Waals surface area contributed by atoms with Crippen molar-refractivity contribution < 1.29 is 14.3 Å². The van der Waals surface area contributed by atoms with Gasteiger partial charge in [-0.3, -0.25) is 9.59 Å². The minimum atomic E-state index is -0.359. The molecule has 1 heterocycles. The minimum absolute atomic E-state index is 0.189. The fourth-order valence-electron chi connectivity index (χ4n) is 3.17. The third-order valence-corrected chi connectivity index (χ3v) is 4.67. The van der Waals surface area contributed by atoms with E-state index in [1.54, 1.807) is 36.3 Å². The van der Waals surface area contributed by atoms with Gasteiger partial charge in [0.15, 0.2) is 0 Å². The summed E-state index contributed by atoms with van der Waals surface area (Å²) in [7, 11) is 1.64. The summed E-state index contributed by atoms with van der Waals surface area (Å²) in [6.45, 7) is 2.48.